The number of amides is 1. The minimum Gasteiger partial charge on any atom is -0.478 e. The Morgan fingerprint density at radius 1 is 1.33 bits per heavy atom. The normalized spacial score (nSPS) is 11.5. The van der Waals surface area contributed by atoms with E-state index in [0.717, 1.165) is 0 Å². The number of rotatable bonds is 5. The predicted molar refractivity (Wildman–Crippen MR) is 81.1 cm³/mol. The van der Waals surface area contributed by atoms with Gasteiger partial charge >= 0.3 is 5.97 Å². The monoisotopic (exact) mass is 377 g/mol. The molecule has 0 spiro atoms. The van der Waals surface area contributed by atoms with E-state index in [1.54, 1.807) is 13.8 Å². The first-order valence-corrected chi connectivity index (χ1v) is 8.52. The van der Waals surface area contributed by atoms with Gasteiger partial charge in [0.05, 0.1) is 10.5 Å². The molecule has 8 heteroatoms. The van der Waals surface area contributed by atoms with Crippen LogP contribution in [0.15, 0.2) is 27.6 Å². The van der Waals surface area contributed by atoms with Crippen LogP contribution in [0.1, 0.15) is 24.2 Å². The Hall–Kier alpha value is -1.41. The van der Waals surface area contributed by atoms with Crippen molar-refractivity contribution in [1.29, 1.82) is 0 Å². The van der Waals surface area contributed by atoms with Crippen molar-refractivity contribution in [2.24, 2.45) is 0 Å². The molecule has 21 heavy (non-hydrogen) atoms. The van der Waals surface area contributed by atoms with Gasteiger partial charge in [0, 0.05) is 17.6 Å². The minimum absolute atomic E-state index is 0.144. The lowest BCUT2D eigenvalue weighted by molar-refractivity contribution is -0.128. The number of carbonyl (C=O) groups excluding carboxylic acids is 1. The molecular formula is C13H16BrNO5S. The highest BCUT2D eigenvalue weighted by atomic mass is 79.9. The van der Waals surface area contributed by atoms with Gasteiger partial charge in [-0.05, 0) is 32.0 Å². The summed E-state index contributed by atoms with van der Waals surface area (Å²) in [6, 6.07) is 3.68. The second-order valence-electron chi connectivity index (χ2n) is 4.80. The fraction of sp³-hybridized carbons (Fsp3) is 0.385. The van der Waals surface area contributed by atoms with Crippen LogP contribution >= 0.6 is 15.9 Å². The molecule has 0 bridgehead atoms. The second kappa shape index (κ2) is 6.57. The Kier molecular flexibility index (Phi) is 5.52. The smallest absolute Gasteiger partial charge is 0.337 e. The van der Waals surface area contributed by atoms with E-state index in [1.807, 2.05) is 0 Å². The van der Waals surface area contributed by atoms with Gasteiger partial charge in [-0.2, -0.15) is 0 Å². The molecule has 0 unspecified atom stereocenters. The summed E-state index contributed by atoms with van der Waals surface area (Å²) in [6.45, 7) is 3.51. The van der Waals surface area contributed by atoms with E-state index in [9.17, 15) is 18.0 Å². The molecule has 1 aromatic rings. The Morgan fingerprint density at radius 3 is 2.38 bits per heavy atom. The molecule has 1 amide bonds. The number of sulfone groups is 1. The molecule has 116 valence electrons. The van der Waals surface area contributed by atoms with Gasteiger partial charge in [0.25, 0.3) is 0 Å². The number of benzene rings is 1. The molecule has 0 aliphatic rings. The molecule has 1 rings (SSSR count). The van der Waals surface area contributed by atoms with Crippen molar-refractivity contribution in [2.45, 2.75) is 24.8 Å². The first-order valence-electron chi connectivity index (χ1n) is 6.07. The standard InChI is InChI=1S/C13H16BrNO5S/c1-8(2)15(3)12(16)7-21(19,20)11-6-9(14)4-5-10(11)13(17)18/h4-6,8H,7H2,1-3H3,(H,17,18). The molecule has 1 N–H and O–H groups in total. The van der Waals surface area contributed by atoms with Crippen LogP contribution in [-0.4, -0.2) is 49.1 Å². The fourth-order valence-electron chi connectivity index (χ4n) is 1.56. The lowest BCUT2D eigenvalue weighted by Crippen LogP contribution is -2.37. The predicted octanol–water partition coefficient (Wildman–Crippen LogP) is 1.79. The maximum Gasteiger partial charge on any atom is 0.337 e. The third kappa shape index (κ3) is 4.28. The fourth-order valence-corrected chi connectivity index (χ4v) is 3.55. The molecule has 0 radical (unpaired) electrons. The number of carbonyl (C=O) groups is 2. The zero-order valence-corrected chi connectivity index (χ0v) is 14.2. The highest BCUT2D eigenvalue weighted by Crippen LogP contribution is 2.23. The van der Waals surface area contributed by atoms with Crippen LogP contribution in [0.25, 0.3) is 0 Å². The maximum atomic E-state index is 12.3. The van der Waals surface area contributed by atoms with E-state index in [-0.39, 0.29) is 16.5 Å². The summed E-state index contributed by atoms with van der Waals surface area (Å²) in [4.78, 5) is 24.0. The maximum absolute atomic E-state index is 12.3. The number of hydrogen-bond acceptors (Lipinski definition) is 4. The second-order valence-corrected chi connectivity index (χ2v) is 7.68. The molecule has 0 aliphatic heterocycles. The third-order valence-corrected chi connectivity index (χ3v) is 5.12. The van der Waals surface area contributed by atoms with Crippen LogP contribution in [0.5, 0.6) is 0 Å². The number of carboxylic acid groups (broad SMARTS) is 1. The zero-order valence-electron chi connectivity index (χ0n) is 11.8. The average Bonchev–Trinajstić information content (AvgIpc) is 2.36. The van der Waals surface area contributed by atoms with Crippen molar-refractivity contribution in [3.8, 4) is 0 Å². The van der Waals surface area contributed by atoms with Crippen molar-refractivity contribution in [2.75, 3.05) is 12.8 Å². The number of carboxylic acids is 1. The summed E-state index contributed by atoms with van der Waals surface area (Å²) in [6.07, 6.45) is 0. The summed E-state index contributed by atoms with van der Waals surface area (Å²) < 4.78 is 25.1. The average molecular weight is 378 g/mol. The largest absolute Gasteiger partial charge is 0.478 e. The van der Waals surface area contributed by atoms with Crippen molar-refractivity contribution in [3.05, 3.63) is 28.2 Å². The van der Waals surface area contributed by atoms with Gasteiger partial charge in [-0.15, -0.1) is 0 Å². The molecule has 0 atom stereocenters. The number of hydrogen-bond donors (Lipinski definition) is 1. The molecule has 0 saturated heterocycles. The van der Waals surface area contributed by atoms with Crippen molar-refractivity contribution in [3.63, 3.8) is 0 Å². The summed E-state index contributed by atoms with van der Waals surface area (Å²) in [7, 11) is -2.54. The summed E-state index contributed by atoms with van der Waals surface area (Å²) in [5, 5.41) is 9.08. The molecule has 6 nitrogen and oxygen atoms in total. The Labute approximate surface area is 131 Å². The number of nitrogens with zero attached hydrogens (tertiary/aromatic N) is 1. The Morgan fingerprint density at radius 2 is 1.90 bits per heavy atom. The molecule has 0 heterocycles. The van der Waals surface area contributed by atoms with E-state index >= 15 is 0 Å². The van der Waals surface area contributed by atoms with Gasteiger partial charge in [0.15, 0.2) is 9.84 Å². The molecule has 0 aliphatic carbocycles. The quantitative estimate of drug-likeness (QED) is 0.844. The van der Waals surface area contributed by atoms with E-state index in [4.69, 9.17) is 5.11 Å². The van der Waals surface area contributed by atoms with E-state index in [2.05, 4.69) is 15.9 Å². The lowest BCUT2D eigenvalue weighted by Gasteiger charge is -2.21. The van der Waals surface area contributed by atoms with Crippen LogP contribution in [0.3, 0.4) is 0 Å². The minimum atomic E-state index is -4.04. The lowest BCUT2D eigenvalue weighted by atomic mass is 10.2. The molecule has 0 fully saturated rings. The molecule has 1 aromatic carbocycles. The van der Waals surface area contributed by atoms with Crippen molar-refractivity contribution < 1.29 is 23.1 Å². The summed E-state index contributed by atoms with van der Waals surface area (Å²) >= 11 is 3.10. The van der Waals surface area contributed by atoms with E-state index in [1.165, 1.54) is 30.1 Å². The van der Waals surface area contributed by atoms with Crippen LogP contribution in [0, 0.1) is 0 Å². The van der Waals surface area contributed by atoms with Crippen LogP contribution < -0.4 is 0 Å². The highest BCUT2D eigenvalue weighted by Gasteiger charge is 2.27. The van der Waals surface area contributed by atoms with Crippen LogP contribution in [0.2, 0.25) is 0 Å². The molecular weight excluding hydrogens is 362 g/mol. The van der Waals surface area contributed by atoms with Crippen LogP contribution in [0.4, 0.5) is 0 Å². The topological polar surface area (TPSA) is 91.8 Å². The number of aromatic carboxylic acids is 1. The van der Waals surface area contributed by atoms with Gasteiger partial charge in [-0.25, -0.2) is 13.2 Å². The molecule has 0 aromatic heterocycles. The van der Waals surface area contributed by atoms with E-state index < -0.39 is 27.5 Å². The summed E-state index contributed by atoms with van der Waals surface area (Å²) in [5.74, 6) is -2.70. The van der Waals surface area contributed by atoms with Gasteiger partial charge in [0.1, 0.15) is 5.75 Å². The Balaban J connectivity index is 3.23. The Bertz CT molecular complexity index is 669. The first-order chi connectivity index (χ1) is 9.56. The zero-order chi connectivity index (χ0) is 16.4. The van der Waals surface area contributed by atoms with Gasteiger partial charge < -0.3 is 10.0 Å². The van der Waals surface area contributed by atoms with Gasteiger partial charge in [-0.3, -0.25) is 4.79 Å². The SMILES string of the molecule is CC(C)N(C)C(=O)CS(=O)(=O)c1cc(Br)ccc1C(=O)O. The van der Waals surface area contributed by atoms with Crippen LogP contribution in [-0.2, 0) is 14.6 Å². The van der Waals surface area contributed by atoms with Gasteiger partial charge in [-0.1, -0.05) is 15.9 Å². The third-order valence-electron chi connectivity index (χ3n) is 2.99. The van der Waals surface area contributed by atoms with E-state index in [0.29, 0.717) is 4.47 Å². The summed E-state index contributed by atoms with van der Waals surface area (Å²) in [5.41, 5.74) is -0.349. The molecule has 0 saturated carbocycles. The van der Waals surface area contributed by atoms with Gasteiger partial charge in [0.2, 0.25) is 5.91 Å². The van der Waals surface area contributed by atoms with Crippen molar-refractivity contribution >= 4 is 37.6 Å². The van der Waals surface area contributed by atoms with Crippen molar-refractivity contribution in [1.82, 2.24) is 4.90 Å². The first kappa shape index (κ1) is 17.6. The highest BCUT2D eigenvalue weighted by molar-refractivity contribution is 9.10. The number of halogens is 1.